The molecule has 4 rings (SSSR count). The van der Waals surface area contributed by atoms with Gasteiger partial charge in [0.05, 0.1) is 0 Å². The molecule has 7 nitrogen and oxygen atoms in total. The summed E-state index contributed by atoms with van der Waals surface area (Å²) in [5, 5.41) is 9.44. The number of amides is 1. The second kappa shape index (κ2) is 15.4. The van der Waals surface area contributed by atoms with Crippen LogP contribution in [0.1, 0.15) is 94.3 Å². The van der Waals surface area contributed by atoms with E-state index in [1.165, 1.54) is 39.3 Å². The van der Waals surface area contributed by atoms with Crippen LogP contribution in [-0.4, -0.2) is 43.4 Å². The summed E-state index contributed by atoms with van der Waals surface area (Å²) in [6.07, 6.45) is 14.9. The number of carbonyl (C=O) groups is 2. The number of rotatable bonds is 4. The van der Waals surface area contributed by atoms with Crippen molar-refractivity contribution in [2.45, 2.75) is 72.1 Å². The first-order valence-electron chi connectivity index (χ1n) is 12.8. The Morgan fingerprint density at radius 3 is 2.50 bits per heavy atom. The lowest BCUT2D eigenvalue weighted by molar-refractivity contribution is -0.118. The van der Waals surface area contributed by atoms with Crippen LogP contribution < -0.4 is 16.0 Å². The van der Waals surface area contributed by atoms with Crippen LogP contribution in [0.25, 0.3) is 5.57 Å². The van der Waals surface area contributed by atoms with Crippen LogP contribution in [0.2, 0.25) is 0 Å². The summed E-state index contributed by atoms with van der Waals surface area (Å²) in [5.74, 6) is 2.28. The summed E-state index contributed by atoms with van der Waals surface area (Å²) in [5.41, 5.74) is 1.93. The molecule has 34 heavy (non-hydrogen) atoms. The largest absolute Gasteiger partial charge is 0.440 e. The number of aromatic nitrogens is 1. The molecule has 1 unspecified atom stereocenters. The van der Waals surface area contributed by atoms with Gasteiger partial charge in [0.2, 0.25) is 5.91 Å². The Labute approximate surface area is 204 Å². The summed E-state index contributed by atoms with van der Waals surface area (Å²) in [4.78, 5) is 27.0. The smallest absolute Gasteiger partial charge is 0.221 e. The van der Waals surface area contributed by atoms with Gasteiger partial charge in [-0.1, -0.05) is 32.9 Å². The van der Waals surface area contributed by atoms with E-state index >= 15 is 0 Å². The van der Waals surface area contributed by atoms with E-state index in [0.29, 0.717) is 29.5 Å². The van der Waals surface area contributed by atoms with Crippen LogP contribution in [0, 0.1) is 5.92 Å². The first-order valence-corrected chi connectivity index (χ1v) is 12.8. The lowest BCUT2D eigenvalue weighted by Gasteiger charge is -2.19. The van der Waals surface area contributed by atoms with Crippen molar-refractivity contribution < 1.29 is 14.0 Å². The molecule has 188 valence electrons. The number of hydrogen-bond donors (Lipinski definition) is 3. The van der Waals surface area contributed by atoms with Crippen LogP contribution in [0.4, 0.5) is 0 Å². The van der Waals surface area contributed by atoms with Gasteiger partial charge in [0.1, 0.15) is 5.69 Å². The molecule has 0 aromatic carbocycles. The molecule has 1 atom stereocenters. The number of nitrogens with zero attached hydrogens (tertiary/aromatic N) is 1. The second-order valence-electron chi connectivity index (χ2n) is 8.80. The highest BCUT2D eigenvalue weighted by atomic mass is 16.4. The number of allylic oxidation sites excluding steroid dienone is 5. The third kappa shape index (κ3) is 9.03. The molecule has 1 aromatic rings. The van der Waals surface area contributed by atoms with Crippen LogP contribution >= 0.6 is 0 Å². The summed E-state index contributed by atoms with van der Waals surface area (Å²) in [6, 6.07) is 0. The number of nitrogens with one attached hydrogen (secondary N) is 3. The van der Waals surface area contributed by atoms with Gasteiger partial charge < -0.3 is 20.4 Å². The molecule has 0 bridgehead atoms. The minimum absolute atomic E-state index is 0.121. The molecular weight excluding hydrogens is 428 g/mol. The van der Waals surface area contributed by atoms with Crippen molar-refractivity contribution in [2.24, 2.45) is 5.92 Å². The van der Waals surface area contributed by atoms with Crippen LogP contribution in [0.15, 0.2) is 34.4 Å². The summed E-state index contributed by atoms with van der Waals surface area (Å²) in [7, 11) is 0. The molecule has 3 N–H and O–H groups in total. The van der Waals surface area contributed by atoms with E-state index in [-0.39, 0.29) is 11.8 Å². The van der Waals surface area contributed by atoms with E-state index < -0.39 is 0 Å². The van der Waals surface area contributed by atoms with Crippen molar-refractivity contribution in [1.29, 1.82) is 0 Å². The molecule has 2 saturated heterocycles. The topological polar surface area (TPSA) is 96.3 Å². The third-order valence-corrected chi connectivity index (χ3v) is 6.05. The highest BCUT2D eigenvalue weighted by Gasteiger charge is 2.24. The predicted octanol–water partition coefficient (Wildman–Crippen LogP) is 4.74. The van der Waals surface area contributed by atoms with Crippen molar-refractivity contribution >= 4 is 17.8 Å². The average Bonchev–Trinajstić information content (AvgIpc) is 2.97. The summed E-state index contributed by atoms with van der Waals surface area (Å²) >= 11 is 0. The predicted molar refractivity (Wildman–Crippen MR) is 138 cm³/mol. The van der Waals surface area contributed by atoms with E-state index in [1.54, 1.807) is 0 Å². The Kier molecular flexibility index (Phi) is 12.6. The van der Waals surface area contributed by atoms with Gasteiger partial charge in [-0.15, -0.1) is 0 Å². The van der Waals surface area contributed by atoms with E-state index in [0.717, 1.165) is 43.7 Å². The Hall–Kier alpha value is -2.51. The van der Waals surface area contributed by atoms with Gasteiger partial charge in [0.15, 0.2) is 17.9 Å². The van der Waals surface area contributed by atoms with E-state index in [9.17, 15) is 9.59 Å². The Balaban J connectivity index is 0.000000343. The molecular formula is C27H42N4O3. The number of oxazole rings is 1. The van der Waals surface area contributed by atoms with Gasteiger partial charge in [0, 0.05) is 24.1 Å². The molecule has 7 heteroatoms. The highest BCUT2D eigenvalue weighted by Crippen LogP contribution is 2.31. The zero-order valence-corrected chi connectivity index (χ0v) is 21.3. The maximum absolute atomic E-state index is 11.4. The molecule has 2 fully saturated rings. The average molecular weight is 471 g/mol. The first kappa shape index (κ1) is 27.7. The first-order chi connectivity index (χ1) is 16.6. The number of carbonyl (C=O) groups excluding carboxylic acids is 2. The fraction of sp³-hybridized carbons (Fsp3) is 0.593. The zero-order valence-electron chi connectivity index (χ0n) is 21.3. The third-order valence-electron chi connectivity index (χ3n) is 6.05. The van der Waals surface area contributed by atoms with Gasteiger partial charge in [-0.3, -0.25) is 9.59 Å². The summed E-state index contributed by atoms with van der Waals surface area (Å²) in [6.45, 7) is 12.2. The van der Waals surface area contributed by atoms with Gasteiger partial charge in [0.25, 0.3) is 0 Å². The van der Waals surface area contributed by atoms with Gasteiger partial charge in [-0.25, -0.2) is 4.98 Å². The second-order valence-corrected chi connectivity index (χ2v) is 8.80. The van der Waals surface area contributed by atoms with Crippen molar-refractivity contribution in [2.75, 3.05) is 26.2 Å². The quantitative estimate of drug-likeness (QED) is 0.550. The Morgan fingerprint density at radius 2 is 1.79 bits per heavy atom. The van der Waals surface area contributed by atoms with E-state index in [2.05, 4.69) is 27.9 Å². The SMILES string of the molecule is CC.CC(=O)NC1=CC=C(c2oc(C3CCNCC3)nc2C=O)CC=C1.CC1CCCNCC1. The van der Waals surface area contributed by atoms with Gasteiger partial charge in [-0.05, 0) is 82.8 Å². The molecule has 1 aliphatic carbocycles. The minimum atomic E-state index is -0.121. The number of aldehydes is 1. The molecule has 0 radical (unpaired) electrons. The molecule has 1 aromatic heterocycles. The van der Waals surface area contributed by atoms with E-state index in [1.807, 2.05) is 38.2 Å². The van der Waals surface area contributed by atoms with Crippen LogP contribution in [0.3, 0.4) is 0 Å². The van der Waals surface area contributed by atoms with Crippen molar-refractivity contribution in [3.63, 3.8) is 0 Å². The number of piperidine rings is 1. The number of hydrogen-bond acceptors (Lipinski definition) is 6. The molecule has 0 saturated carbocycles. The lowest BCUT2D eigenvalue weighted by atomic mass is 9.98. The lowest BCUT2D eigenvalue weighted by Crippen LogP contribution is -2.26. The molecule has 2 aliphatic heterocycles. The molecule has 1 amide bonds. The minimum Gasteiger partial charge on any atom is -0.440 e. The van der Waals surface area contributed by atoms with E-state index in [4.69, 9.17) is 4.42 Å². The zero-order chi connectivity index (χ0) is 24.8. The fourth-order valence-corrected chi connectivity index (χ4v) is 4.18. The maximum Gasteiger partial charge on any atom is 0.221 e. The van der Waals surface area contributed by atoms with Crippen LogP contribution in [0.5, 0.6) is 0 Å². The van der Waals surface area contributed by atoms with Crippen molar-refractivity contribution in [3.05, 3.63) is 47.3 Å². The monoisotopic (exact) mass is 470 g/mol. The van der Waals surface area contributed by atoms with Crippen LogP contribution in [-0.2, 0) is 4.79 Å². The van der Waals surface area contributed by atoms with Crippen molar-refractivity contribution in [1.82, 2.24) is 20.9 Å². The van der Waals surface area contributed by atoms with Crippen molar-refractivity contribution in [3.8, 4) is 0 Å². The molecule has 0 spiro atoms. The normalized spacial score (nSPS) is 20.8. The fourth-order valence-electron chi connectivity index (χ4n) is 4.18. The Bertz CT molecular complexity index is 855. The highest BCUT2D eigenvalue weighted by molar-refractivity contribution is 5.82. The van der Waals surface area contributed by atoms with Gasteiger partial charge in [-0.2, -0.15) is 0 Å². The molecule has 3 aliphatic rings. The maximum atomic E-state index is 11.4. The molecule has 3 heterocycles. The summed E-state index contributed by atoms with van der Waals surface area (Å²) < 4.78 is 5.97. The van der Waals surface area contributed by atoms with Gasteiger partial charge >= 0.3 is 0 Å². The standard InChI is InChI=1S/C18H21N3O3.C7H15N.C2H6/c1-12(23)20-15-4-2-3-13(5-6-15)17-16(11-22)21-18(24-17)14-7-9-19-10-8-14;1-7-3-2-5-8-6-4-7;1-2/h2,4-6,11,14,19H,3,7-10H2,1H3,(H,20,23);7-8H,2-6H2,1H3;1-2H3. The Morgan fingerprint density at radius 1 is 1.09 bits per heavy atom.